The van der Waals surface area contributed by atoms with Crippen LogP contribution in [-0.4, -0.2) is 26.8 Å². The highest BCUT2D eigenvalue weighted by Crippen LogP contribution is 2.12. The van der Waals surface area contributed by atoms with E-state index in [0.29, 0.717) is 12.1 Å². The third-order valence-corrected chi connectivity index (χ3v) is 2.66. The van der Waals surface area contributed by atoms with Gasteiger partial charge in [-0.1, -0.05) is 30.9 Å². The van der Waals surface area contributed by atoms with E-state index in [-0.39, 0.29) is 12.1 Å². The predicted octanol–water partition coefficient (Wildman–Crippen LogP) is 2.06. The summed E-state index contributed by atoms with van der Waals surface area (Å²) in [5.74, 6) is -0.358. The lowest BCUT2D eigenvalue weighted by Crippen LogP contribution is -2.15. The molecule has 5 nitrogen and oxygen atoms in total. The summed E-state index contributed by atoms with van der Waals surface area (Å²) >= 11 is 0. The monoisotopic (exact) mass is 257 g/mol. The molecule has 0 aliphatic heterocycles. The van der Waals surface area contributed by atoms with Crippen molar-refractivity contribution < 1.29 is 9.53 Å². The van der Waals surface area contributed by atoms with Crippen LogP contribution in [0.5, 0.6) is 0 Å². The summed E-state index contributed by atoms with van der Waals surface area (Å²) in [7, 11) is 0. The summed E-state index contributed by atoms with van der Waals surface area (Å²) in [4.78, 5) is 15.9. The molecule has 98 valence electrons. The molecule has 0 bridgehead atoms. The van der Waals surface area contributed by atoms with E-state index in [9.17, 15) is 4.79 Å². The van der Waals surface area contributed by atoms with Gasteiger partial charge in [0.1, 0.15) is 18.8 Å². The lowest BCUT2D eigenvalue weighted by molar-refractivity contribution is 0.0423. The number of aromatic nitrogens is 3. The molecule has 2 aromatic rings. The third-order valence-electron chi connectivity index (χ3n) is 2.66. The van der Waals surface area contributed by atoms with Gasteiger partial charge in [0.2, 0.25) is 0 Å². The number of esters is 1. The van der Waals surface area contributed by atoms with Crippen LogP contribution in [0, 0.1) is 0 Å². The van der Waals surface area contributed by atoms with Gasteiger partial charge in [-0.05, 0) is 18.6 Å². The highest BCUT2D eigenvalue weighted by atomic mass is 16.5. The minimum atomic E-state index is -0.358. The Bertz CT molecular complexity index is 564. The second-order valence-electron chi connectivity index (χ2n) is 4.10. The van der Waals surface area contributed by atoms with Crippen LogP contribution in [0.4, 0.5) is 0 Å². The smallest absolute Gasteiger partial charge is 0.339 e. The molecular weight excluding hydrogens is 242 g/mol. The number of ether oxygens (including phenoxy) is 1. The highest BCUT2D eigenvalue weighted by molar-refractivity contribution is 5.91. The van der Waals surface area contributed by atoms with Crippen LogP contribution in [0.3, 0.4) is 0 Å². The van der Waals surface area contributed by atoms with Crippen LogP contribution in [0.15, 0.2) is 49.6 Å². The molecule has 0 fully saturated rings. The van der Waals surface area contributed by atoms with Crippen LogP contribution < -0.4 is 0 Å². The standard InChI is InChI=1S/C14H15N3O2/c1-3-11(2)19-14(18)13-7-5-4-6-12(13)8-17-10-15-9-16-17/h3-7,9-11H,1,8H2,2H3. The molecule has 5 heteroatoms. The first-order valence-corrected chi connectivity index (χ1v) is 5.94. The maximum Gasteiger partial charge on any atom is 0.339 e. The van der Waals surface area contributed by atoms with Crippen molar-refractivity contribution in [1.82, 2.24) is 14.8 Å². The van der Waals surface area contributed by atoms with Crippen molar-refractivity contribution in [3.8, 4) is 0 Å². The van der Waals surface area contributed by atoms with Gasteiger partial charge in [0.15, 0.2) is 0 Å². The molecule has 0 radical (unpaired) electrons. The van der Waals surface area contributed by atoms with Crippen LogP contribution in [-0.2, 0) is 11.3 Å². The number of rotatable bonds is 5. The fourth-order valence-corrected chi connectivity index (χ4v) is 1.63. The Morgan fingerprint density at radius 1 is 1.53 bits per heavy atom. The van der Waals surface area contributed by atoms with Crippen LogP contribution in [0.25, 0.3) is 0 Å². The fourth-order valence-electron chi connectivity index (χ4n) is 1.63. The Labute approximate surface area is 111 Å². The molecule has 1 unspecified atom stereocenters. The van der Waals surface area contributed by atoms with Gasteiger partial charge >= 0.3 is 5.97 Å². The lowest BCUT2D eigenvalue weighted by Gasteiger charge is -2.12. The molecule has 1 heterocycles. The molecule has 0 saturated heterocycles. The van der Waals surface area contributed by atoms with Crippen molar-refractivity contribution in [2.75, 3.05) is 0 Å². The Morgan fingerprint density at radius 3 is 3.00 bits per heavy atom. The van der Waals surface area contributed by atoms with E-state index in [1.54, 1.807) is 36.1 Å². The van der Waals surface area contributed by atoms with Crippen molar-refractivity contribution >= 4 is 5.97 Å². The molecule has 19 heavy (non-hydrogen) atoms. The summed E-state index contributed by atoms with van der Waals surface area (Å²) in [6.07, 6.45) is 4.33. The summed E-state index contributed by atoms with van der Waals surface area (Å²) in [6, 6.07) is 7.29. The SMILES string of the molecule is C=CC(C)OC(=O)c1ccccc1Cn1cncn1. The molecule has 0 aliphatic rings. The number of nitrogens with zero attached hydrogens (tertiary/aromatic N) is 3. The fraction of sp³-hybridized carbons (Fsp3) is 0.214. The molecule has 1 atom stereocenters. The second kappa shape index (κ2) is 5.95. The third kappa shape index (κ3) is 3.28. The molecule has 1 aromatic heterocycles. The van der Waals surface area contributed by atoms with E-state index in [1.165, 1.54) is 6.33 Å². The topological polar surface area (TPSA) is 57.0 Å². The van der Waals surface area contributed by atoms with E-state index in [2.05, 4.69) is 16.7 Å². The summed E-state index contributed by atoms with van der Waals surface area (Å²) in [5, 5.41) is 4.03. The van der Waals surface area contributed by atoms with Crippen molar-refractivity contribution in [3.63, 3.8) is 0 Å². The quantitative estimate of drug-likeness (QED) is 0.607. The van der Waals surface area contributed by atoms with E-state index in [0.717, 1.165) is 5.56 Å². The van der Waals surface area contributed by atoms with Crippen LogP contribution in [0.1, 0.15) is 22.8 Å². The zero-order valence-corrected chi connectivity index (χ0v) is 10.7. The molecule has 2 rings (SSSR count). The largest absolute Gasteiger partial charge is 0.455 e. The minimum absolute atomic E-state index is 0.313. The first-order valence-electron chi connectivity index (χ1n) is 5.94. The molecule has 0 N–H and O–H groups in total. The Hall–Kier alpha value is -2.43. The predicted molar refractivity (Wildman–Crippen MR) is 70.6 cm³/mol. The van der Waals surface area contributed by atoms with Gasteiger partial charge in [-0.15, -0.1) is 0 Å². The summed E-state index contributed by atoms with van der Waals surface area (Å²) in [6.45, 7) is 5.84. The molecule has 0 spiro atoms. The van der Waals surface area contributed by atoms with Gasteiger partial charge < -0.3 is 4.74 Å². The molecule has 0 aliphatic carbocycles. The summed E-state index contributed by atoms with van der Waals surface area (Å²) < 4.78 is 6.90. The zero-order valence-electron chi connectivity index (χ0n) is 10.7. The van der Waals surface area contributed by atoms with E-state index in [1.807, 2.05) is 12.1 Å². The average Bonchev–Trinajstić information content (AvgIpc) is 2.92. The first-order chi connectivity index (χ1) is 9.20. The van der Waals surface area contributed by atoms with Crippen molar-refractivity contribution in [2.24, 2.45) is 0 Å². The zero-order chi connectivity index (χ0) is 13.7. The van der Waals surface area contributed by atoms with Gasteiger partial charge in [-0.3, -0.25) is 0 Å². The molecule has 1 aromatic carbocycles. The maximum absolute atomic E-state index is 12.0. The van der Waals surface area contributed by atoms with Gasteiger partial charge in [-0.2, -0.15) is 5.10 Å². The van der Waals surface area contributed by atoms with Crippen molar-refractivity contribution in [3.05, 3.63) is 60.7 Å². The van der Waals surface area contributed by atoms with Crippen LogP contribution >= 0.6 is 0 Å². The van der Waals surface area contributed by atoms with Gasteiger partial charge in [-0.25, -0.2) is 14.5 Å². The minimum Gasteiger partial charge on any atom is -0.455 e. The van der Waals surface area contributed by atoms with E-state index >= 15 is 0 Å². The normalized spacial score (nSPS) is 11.8. The van der Waals surface area contributed by atoms with E-state index < -0.39 is 0 Å². The van der Waals surface area contributed by atoms with Gasteiger partial charge in [0, 0.05) is 0 Å². The number of hydrogen-bond acceptors (Lipinski definition) is 4. The summed E-state index contributed by atoms with van der Waals surface area (Å²) in [5.41, 5.74) is 1.38. The first kappa shape index (κ1) is 13.0. The van der Waals surface area contributed by atoms with E-state index in [4.69, 9.17) is 4.74 Å². The van der Waals surface area contributed by atoms with Crippen molar-refractivity contribution in [2.45, 2.75) is 19.6 Å². The molecular formula is C14H15N3O2. The molecule has 0 amide bonds. The molecule has 0 saturated carbocycles. The number of hydrogen-bond donors (Lipinski definition) is 0. The van der Waals surface area contributed by atoms with Crippen LogP contribution in [0.2, 0.25) is 0 Å². The van der Waals surface area contributed by atoms with Gasteiger partial charge in [0.25, 0.3) is 0 Å². The lowest BCUT2D eigenvalue weighted by atomic mass is 10.1. The highest BCUT2D eigenvalue weighted by Gasteiger charge is 2.14. The average molecular weight is 257 g/mol. The maximum atomic E-state index is 12.0. The Kier molecular flexibility index (Phi) is 4.07. The van der Waals surface area contributed by atoms with Crippen molar-refractivity contribution in [1.29, 1.82) is 0 Å². The second-order valence-corrected chi connectivity index (χ2v) is 4.10. The van der Waals surface area contributed by atoms with Gasteiger partial charge in [0.05, 0.1) is 12.1 Å². The number of carbonyl (C=O) groups is 1. The Balaban J connectivity index is 2.20. The number of carbonyl (C=O) groups excluding carboxylic acids is 1. The number of benzene rings is 1. The Morgan fingerprint density at radius 2 is 2.32 bits per heavy atom.